The first-order valence-electron chi connectivity index (χ1n) is 6.71. The van der Waals surface area contributed by atoms with Crippen molar-refractivity contribution in [3.8, 4) is 6.07 Å². The van der Waals surface area contributed by atoms with Gasteiger partial charge in [0.1, 0.15) is 0 Å². The van der Waals surface area contributed by atoms with Crippen LogP contribution in [0.4, 0.5) is 0 Å². The number of halogens is 1. The van der Waals surface area contributed by atoms with Crippen LogP contribution in [0.2, 0.25) is 0 Å². The van der Waals surface area contributed by atoms with E-state index in [1.165, 1.54) is 4.88 Å². The van der Waals surface area contributed by atoms with Gasteiger partial charge in [0.25, 0.3) is 0 Å². The lowest BCUT2D eigenvalue weighted by Crippen LogP contribution is -2.36. The largest absolute Gasteiger partial charge is 0.326 e. The lowest BCUT2D eigenvalue weighted by Gasteiger charge is -2.30. The summed E-state index contributed by atoms with van der Waals surface area (Å²) in [7, 11) is 2.07. The SMILES string of the molecule is CC(N)C(c1ccc(Br)s1)N(C)Cc1cccc(C#N)c1. The Morgan fingerprint density at radius 2 is 2.14 bits per heavy atom. The van der Waals surface area contributed by atoms with Gasteiger partial charge in [0, 0.05) is 17.5 Å². The van der Waals surface area contributed by atoms with Crippen LogP contribution < -0.4 is 5.73 Å². The number of nitrogens with zero attached hydrogens (tertiary/aromatic N) is 2. The Balaban J connectivity index is 2.19. The Kier molecular flexibility index (Phi) is 5.54. The summed E-state index contributed by atoms with van der Waals surface area (Å²) >= 11 is 5.22. The van der Waals surface area contributed by atoms with Crippen molar-refractivity contribution < 1.29 is 0 Å². The molecule has 5 heteroatoms. The van der Waals surface area contributed by atoms with Gasteiger partial charge in [-0.1, -0.05) is 12.1 Å². The fourth-order valence-electron chi connectivity index (χ4n) is 2.49. The summed E-state index contributed by atoms with van der Waals surface area (Å²) in [6.07, 6.45) is 0. The molecule has 0 aliphatic heterocycles. The molecule has 0 saturated carbocycles. The van der Waals surface area contributed by atoms with Gasteiger partial charge >= 0.3 is 0 Å². The average molecular weight is 364 g/mol. The summed E-state index contributed by atoms with van der Waals surface area (Å²) in [6, 6.07) is 14.3. The van der Waals surface area contributed by atoms with E-state index in [4.69, 9.17) is 11.0 Å². The summed E-state index contributed by atoms with van der Waals surface area (Å²) in [5.41, 5.74) is 8.00. The molecule has 0 saturated heterocycles. The third kappa shape index (κ3) is 4.14. The molecule has 1 aromatic carbocycles. The van der Waals surface area contributed by atoms with Crippen molar-refractivity contribution in [2.75, 3.05) is 7.05 Å². The molecule has 0 amide bonds. The van der Waals surface area contributed by atoms with E-state index in [0.29, 0.717) is 5.56 Å². The Morgan fingerprint density at radius 1 is 1.38 bits per heavy atom. The lowest BCUT2D eigenvalue weighted by atomic mass is 10.1. The van der Waals surface area contributed by atoms with Crippen molar-refractivity contribution in [1.82, 2.24) is 4.90 Å². The first-order valence-corrected chi connectivity index (χ1v) is 8.32. The summed E-state index contributed by atoms with van der Waals surface area (Å²) in [5.74, 6) is 0. The van der Waals surface area contributed by atoms with Crippen molar-refractivity contribution in [2.24, 2.45) is 5.73 Å². The topological polar surface area (TPSA) is 53.0 Å². The van der Waals surface area contributed by atoms with Crippen LogP contribution in [-0.4, -0.2) is 18.0 Å². The number of nitrogens with two attached hydrogens (primary N) is 1. The van der Waals surface area contributed by atoms with Gasteiger partial charge in [0.2, 0.25) is 0 Å². The van der Waals surface area contributed by atoms with E-state index >= 15 is 0 Å². The second-order valence-corrected chi connectivity index (χ2v) is 7.67. The van der Waals surface area contributed by atoms with Crippen LogP contribution in [0, 0.1) is 11.3 Å². The van der Waals surface area contributed by atoms with Crippen molar-refractivity contribution in [2.45, 2.75) is 25.6 Å². The highest BCUT2D eigenvalue weighted by Gasteiger charge is 2.23. The van der Waals surface area contributed by atoms with Gasteiger partial charge < -0.3 is 5.73 Å². The second-order valence-electron chi connectivity index (χ2n) is 5.17. The molecule has 2 atom stereocenters. The Morgan fingerprint density at radius 3 is 2.71 bits per heavy atom. The summed E-state index contributed by atoms with van der Waals surface area (Å²) < 4.78 is 1.11. The van der Waals surface area contributed by atoms with Gasteiger partial charge in [-0.15, -0.1) is 11.3 Å². The van der Waals surface area contributed by atoms with E-state index in [9.17, 15) is 0 Å². The van der Waals surface area contributed by atoms with Crippen LogP contribution in [0.1, 0.15) is 29.0 Å². The van der Waals surface area contributed by atoms with E-state index in [1.807, 2.05) is 31.2 Å². The summed E-state index contributed by atoms with van der Waals surface area (Å²) in [4.78, 5) is 3.48. The van der Waals surface area contributed by atoms with E-state index in [2.05, 4.69) is 46.1 Å². The van der Waals surface area contributed by atoms with Crippen molar-refractivity contribution in [1.29, 1.82) is 5.26 Å². The highest BCUT2D eigenvalue weighted by atomic mass is 79.9. The second kappa shape index (κ2) is 7.19. The molecule has 0 spiro atoms. The molecular weight excluding hydrogens is 346 g/mol. The van der Waals surface area contributed by atoms with Gasteiger partial charge in [-0.25, -0.2) is 0 Å². The van der Waals surface area contributed by atoms with Crippen LogP contribution >= 0.6 is 27.3 Å². The smallest absolute Gasteiger partial charge is 0.0991 e. The highest BCUT2D eigenvalue weighted by molar-refractivity contribution is 9.11. The molecule has 2 N–H and O–H groups in total. The predicted molar refractivity (Wildman–Crippen MR) is 91.0 cm³/mol. The van der Waals surface area contributed by atoms with Crippen molar-refractivity contribution >= 4 is 27.3 Å². The monoisotopic (exact) mass is 363 g/mol. The minimum absolute atomic E-state index is 0.0275. The minimum atomic E-state index is 0.0275. The van der Waals surface area contributed by atoms with Crippen molar-refractivity contribution in [3.05, 3.63) is 56.2 Å². The van der Waals surface area contributed by atoms with Gasteiger partial charge in [-0.2, -0.15) is 5.26 Å². The lowest BCUT2D eigenvalue weighted by molar-refractivity contribution is 0.214. The molecule has 2 rings (SSSR count). The fourth-order valence-corrected chi connectivity index (χ4v) is 4.20. The number of likely N-dealkylation sites (N-methyl/N-ethyl adjacent to an activating group) is 1. The van der Waals surface area contributed by atoms with Gasteiger partial charge in [0.15, 0.2) is 0 Å². The molecule has 0 bridgehead atoms. The first kappa shape index (κ1) is 16.2. The average Bonchev–Trinajstić information content (AvgIpc) is 2.84. The van der Waals surface area contributed by atoms with Gasteiger partial charge in [-0.05, 0) is 59.7 Å². The Labute approximate surface area is 138 Å². The zero-order chi connectivity index (χ0) is 15.4. The van der Waals surface area contributed by atoms with Gasteiger partial charge in [0.05, 0.1) is 21.5 Å². The maximum atomic E-state index is 8.99. The number of benzene rings is 1. The van der Waals surface area contributed by atoms with E-state index < -0.39 is 0 Å². The molecule has 21 heavy (non-hydrogen) atoms. The van der Waals surface area contributed by atoms with Crippen molar-refractivity contribution in [3.63, 3.8) is 0 Å². The first-order chi connectivity index (χ1) is 10.0. The maximum absolute atomic E-state index is 8.99. The zero-order valence-corrected chi connectivity index (χ0v) is 14.5. The van der Waals surface area contributed by atoms with E-state index in [1.54, 1.807) is 11.3 Å². The number of hydrogen-bond donors (Lipinski definition) is 1. The zero-order valence-electron chi connectivity index (χ0n) is 12.1. The maximum Gasteiger partial charge on any atom is 0.0991 e. The van der Waals surface area contributed by atoms with Crippen LogP contribution in [0.15, 0.2) is 40.2 Å². The number of thiophene rings is 1. The molecule has 3 nitrogen and oxygen atoms in total. The Bertz CT molecular complexity index is 645. The molecule has 2 unspecified atom stereocenters. The molecule has 0 radical (unpaired) electrons. The predicted octanol–water partition coefficient (Wildman–Crippen LogP) is 3.90. The third-order valence-electron chi connectivity index (χ3n) is 3.35. The van der Waals surface area contributed by atoms with Crippen LogP contribution in [0.25, 0.3) is 0 Å². The summed E-state index contributed by atoms with van der Waals surface area (Å²) in [5, 5.41) is 8.99. The standard InChI is InChI=1S/C16H18BrN3S/c1-11(19)16(14-6-7-15(17)21-14)20(2)10-13-5-3-4-12(8-13)9-18/h3-8,11,16H,10,19H2,1-2H3. The molecular formula is C16H18BrN3S. The number of nitriles is 1. The fraction of sp³-hybridized carbons (Fsp3) is 0.312. The third-order valence-corrected chi connectivity index (χ3v) is 5.04. The quantitative estimate of drug-likeness (QED) is 0.875. The molecule has 110 valence electrons. The molecule has 0 fully saturated rings. The van der Waals surface area contributed by atoms with E-state index in [-0.39, 0.29) is 12.1 Å². The van der Waals surface area contributed by atoms with Gasteiger partial charge in [-0.3, -0.25) is 4.90 Å². The minimum Gasteiger partial charge on any atom is -0.326 e. The molecule has 0 aliphatic carbocycles. The Hall–Kier alpha value is -1.19. The highest BCUT2D eigenvalue weighted by Crippen LogP contribution is 2.32. The number of rotatable bonds is 5. The molecule has 1 heterocycles. The van der Waals surface area contributed by atoms with Crippen LogP contribution in [0.5, 0.6) is 0 Å². The molecule has 2 aromatic rings. The van der Waals surface area contributed by atoms with Crippen LogP contribution in [-0.2, 0) is 6.54 Å². The van der Waals surface area contributed by atoms with E-state index in [0.717, 1.165) is 15.9 Å². The molecule has 0 aliphatic rings. The van der Waals surface area contributed by atoms with Crippen LogP contribution in [0.3, 0.4) is 0 Å². The summed E-state index contributed by atoms with van der Waals surface area (Å²) in [6.45, 7) is 2.79. The normalized spacial score (nSPS) is 13.9. The molecule has 1 aromatic heterocycles. The number of hydrogen-bond acceptors (Lipinski definition) is 4.